The fraction of sp³-hybridized carbons (Fsp3) is 0.846. The van der Waals surface area contributed by atoms with Gasteiger partial charge in [-0.15, -0.1) is 0 Å². The van der Waals surface area contributed by atoms with Gasteiger partial charge in [0.1, 0.15) is 6.04 Å². The van der Waals surface area contributed by atoms with Gasteiger partial charge in [-0.3, -0.25) is 4.79 Å². The SMILES string of the molecule is NC1CCC(C(=O)N2CCCC[C@@H]2C(=O)O)CC1. The molecule has 5 nitrogen and oxygen atoms in total. The summed E-state index contributed by atoms with van der Waals surface area (Å²) in [4.78, 5) is 25.2. The number of nitrogens with zero attached hydrogens (tertiary/aromatic N) is 1. The molecule has 0 aromatic heterocycles. The number of piperidine rings is 1. The van der Waals surface area contributed by atoms with Crippen LogP contribution in [-0.2, 0) is 9.59 Å². The smallest absolute Gasteiger partial charge is 0.326 e. The molecule has 2 fully saturated rings. The number of nitrogens with two attached hydrogens (primary N) is 1. The van der Waals surface area contributed by atoms with Gasteiger partial charge in [-0.25, -0.2) is 4.79 Å². The van der Waals surface area contributed by atoms with Crippen LogP contribution in [0.5, 0.6) is 0 Å². The van der Waals surface area contributed by atoms with Crippen LogP contribution < -0.4 is 5.73 Å². The van der Waals surface area contributed by atoms with Gasteiger partial charge >= 0.3 is 5.97 Å². The zero-order valence-electron chi connectivity index (χ0n) is 10.7. The maximum Gasteiger partial charge on any atom is 0.326 e. The molecule has 0 aromatic rings. The monoisotopic (exact) mass is 254 g/mol. The van der Waals surface area contributed by atoms with E-state index >= 15 is 0 Å². The number of carbonyl (C=O) groups is 2. The van der Waals surface area contributed by atoms with Crippen LogP contribution in [0, 0.1) is 5.92 Å². The van der Waals surface area contributed by atoms with Crippen molar-refractivity contribution in [2.75, 3.05) is 6.54 Å². The zero-order chi connectivity index (χ0) is 13.1. The Bertz CT molecular complexity index is 324. The van der Waals surface area contributed by atoms with Crippen LogP contribution in [0.3, 0.4) is 0 Å². The Morgan fingerprint density at radius 1 is 1.06 bits per heavy atom. The number of carboxylic acid groups (broad SMARTS) is 1. The molecule has 1 heterocycles. The first-order valence-corrected chi connectivity index (χ1v) is 6.88. The van der Waals surface area contributed by atoms with E-state index in [1.807, 2.05) is 0 Å². The van der Waals surface area contributed by atoms with Crippen LogP contribution in [0.1, 0.15) is 44.9 Å². The standard InChI is InChI=1S/C13H22N2O3/c14-10-6-4-9(5-7-10)12(16)15-8-2-1-3-11(15)13(17)18/h9-11H,1-8,14H2,(H,17,18)/t9?,10?,11-/m1/s1. The fourth-order valence-corrected chi connectivity index (χ4v) is 3.05. The molecule has 1 amide bonds. The molecule has 3 N–H and O–H groups in total. The van der Waals surface area contributed by atoms with Crippen LogP contribution in [-0.4, -0.2) is 40.5 Å². The summed E-state index contributed by atoms with van der Waals surface area (Å²) < 4.78 is 0. The molecule has 0 unspecified atom stereocenters. The van der Waals surface area contributed by atoms with Gasteiger partial charge in [0.2, 0.25) is 5.91 Å². The molecular weight excluding hydrogens is 232 g/mol. The Kier molecular flexibility index (Phi) is 4.22. The second kappa shape index (κ2) is 5.69. The summed E-state index contributed by atoms with van der Waals surface area (Å²) in [7, 11) is 0. The normalized spacial score (nSPS) is 33.2. The third kappa shape index (κ3) is 2.83. The van der Waals surface area contributed by atoms with E-state index in [1.165, 1.54) is 0 Å². The lowest BCUT2D eigenvalue weighted by atomic mass is 9.84. The Hall–Kier alpha value is -1.10. The van der Waals surface area contributed by atoms with Gasteiger partial charge in [-0.05, 0) is 44.9 Å². The van der Waals surface area contributed by atoms with Crippen molar-refractivity contribution in [2.24, 2.45) is 11.7 Å². The van der Waals surface area contributed by atoms with E-state index in [-0.39, 0.29) is 17.9 Å². The van der Waals surface area contributed by atoms with Gasteiger partial charge in [0.25, 0.3) is 0 Å². The van der Waals surface area contributed by atoms with Crippen molar-refractivity contribution in [1.29, 1.82) is 0 Å². The quantitative estimate of drug-likeness (QED) is 0.769. The molecule has 0 spiro atoms. The summed E-state index contributed by atoms with van der Waals surface area (Å²) in [6.45, 7) is 0.596. The van der Waals surface area contributed by atoms with E-state index in [4.69, 9.17) is 5.73 Å². The van der Waals surface area contributed by atoms with Gasteiger partial charge in [-0.2, -0.15) is 0 Å². The molecule has 1 saturated heterocycles. The number of carbonyl (C=O) groups excluding carboxylic acids is 1. The lowest BCUT2D eigenvalue weighted by Crippen LogP contribution is -2.50. The highest BCUT2D eigenvalue weighted by atomic mass is 16.4. The van der Waals surface area contributed by atoms with Gasteiger partial charge in [0.05, 0.1) is 0 Å². The summed E-state index contributed by atoms with van der Waals surface area (Å²) >= 11 is 0. The molecule has 0 bridgehead atoms. The molecule has 1 aliphatic carbocycles. The Balaban J connectivity index is 2.00. The number of likely N-dealkylation sites (tertiary alicyclic amines) is 1. The van der Waals surface area contributed by atoms with Gasteiger partial charge in [0.15, 0.2) is 0 Å². The molecule has 18 heavy (non-hydrogen) atoms. The van der Waals surface area contributed by atoms with E-state index in [1.54, 1.807) is 4.90 Å². The summed E-state index contributed by atoms with van der Waals surface area (Å²) in [6.07, 6.45) is 5.78. The third-order valence-electron chi connectivity index (χ3n) is 4.19. The van der Waals surface area contributed by atoms with Crippen LogP contribution in [0.15, 0.2) is 0 Å². The highest BCUT2D eigenvalue weighted by Gasteiger charge is 2.36. The van der Waals surface area contributed by atoms with Gasteiger partial charge < -0.3 is 15.7 Å². The van der Waals surface area contributed by atoms with Crippen molar-refractivity contribution in [2.45, 2.75) is 57.0 Å². The van der Waals surface area contributed by atoms with Crippen LogP contribution in [0.25, 0.3) is 0 Å². The number of amides is 1. The lowest BCUT2D eigenvalue weighted by molar-refractivity contribution is -0.154. The first-order chi connectivity index (χ1) is 8.59. The van der Waals surface area contributed by atoms with Crippen molar-refractivity contribution in [3.63, 3.8) is 0 Å². The molecule has 102 valence electrons. The van der Waals surface area contributed by atoms with Crippen molar-refractivity contribution < 1.29 is 14.7 Å². The molecule has 2 aliphatic rings. The second-order valence-electron chi connectivity index (χ2n) is 5.49. The van der Waals surface area contributed by atoms with Gasteiger partial charge in [0, 0.05) is 18.5 Å². The van der Waals surface area contributed by atoms with E-state index < -0.39 is 12.0 Å². The van der Waals surface area contributed by atoms with E-state index in [9.17, 15) is 14.7 Å². The average molecular weight is 254 g/mol. The predicted molar refractivity (Wildman–Crippen MR) is 66.9 cm³/mol. The summed E-state index contributed by atoms with van der Waals surface area (Å²) in [6, 6.07) is -0.396. The van der Waals surface area contributed by atoms with Crippen LogP contribution in [0.4, 0.5) is 0 Å². The van der Waals surface area contributed by atoms with Gasteiger partial charge in [-0.1, -0.05) is 0 Å². The molecule has 1 aliphatic heterocycles. The average Bonchev–Trinajstić information content (AvgIpc) is 2.39. The molecule has 1 atom stereocenters. The van der Waals surface area contributed by atoms with Crippen molar-refractivity contribution in [1.82, 2.24) is 4.90 Å². The highest BCUT2D eigenvalue weighted by Crippen LogP contribution is 2.28. The Morgan fingerprint density at radius 3 is 2.33 bits per heavy atom. The van der Waals surface area contributed by atoms with Crippen LogP contribution >= 0.6 is 0 Å². The number of carboxylic acids is 1. The predicted octanol–water partition coefficient (Wildman–Crippen LogP) is 0.970. The maximum atomic E-state index is 12.4. The number of hydrogen-bond acceptors (Lipinski definition) is 3. The molecule has 5 heteroatoms. The molecule has 2 rings (SSSR count). The first kappa shape index (κ1) is 13.3. The molecule has 1 saturated carbocycles. The van der Waals surface area contributed by atoms with E-state index in [2.05, 4.69) is 0 Å². The number of aliphatic carboxylic acids is 1. The van der Waals surface area contributed by atoms with Crippen LogP contribution in [0.2, 0.25) is 0 Å². The Morgan fingerprint density at radius 2 is 1.72 bits per heavy atom. The topological polar surface area (TPSA) is 83.6 Å². The molecule has 0 radical (unpaired) electrons. The van der Waals surface area contributed by atoms with E-state index in [0.717, 1.165) is 38.5 Å². The lowest BCUT2D eigenvalue weighted by Gasteiger charge is -2.37. The minimum atomic E-state index is -0.865. The first-order valence-electron chi connectivity index (χ1n) is 6.88. The minimum Gasteiger partial charge on any atom is -0.480 e. The molecule has 0 aromatic carbocycles. The fourth-order valence-electron chi connectivity index (χ4n) is 3.05. The largest absolute Gasteiger partial charge is 0.480 e. The Labute approximate surface area is 107 Å². The number of rotatable bonds is 2. The second-order valence-corrected chi connectivity index (χ2v) is 5.49. The third-order valence-corrected chi connectivity index (χ3v) is 4.19. The van der Waals surface area contributed by atoms with Crippen molar-refractivity contribution >= 4 is 11.9 Å². The summed E-state index contributed by atoms with van der Waals surface area (Å²) in [5, 5.41) is 9.18. The minimum absolute atomic E-state index is 0.00949. The van der Waals surface area contributed by atoms with Crippen molar-refractivity contribution in [3.05, 3.63) is 0 Å². The zero-order valence-corrected chi connectivity index (χ0v) is 10.7. The van der Waals surface area contributed by atoms with Crippen molar-refractivity contribution in [3.8, 4) is 0 Å². The summed E-state index contributed by atoms with van der Waals surface area (Å²) in [5.74, 6) is -0.839. The number of hydrogen-bond donors (Lipinski definition) is 2. The maximum absolute atomic E-state index is 12.4. The highest BCUT2D eigenvalue weighted by molar-refractivity contribution is 5.85. The molecular formula is C13H22N2O3. The summed E-state index contributed by atoms with van der Waals surface area (Å²) in [5.41, 5.74) is 5.83. The van der Waals surface area contributed by atoms with E-state index in [0.29, 0.717) is 13.0 Å².